The number of hydrogen-bond donors (Lipinski definition) is 1. The SMILES string of the molecule is CCNc1nc(C)nc(Sc2ccccc2C)c1C. The molecule has 100 valence electrons. The van der Waals surface area contributed by atoms with Gasteiger partial charge in [-0.25, -0.2) is 9.97 Å². The van der Waals surface area contributed by atoms with E-state index in [1.807, 2.05) is 6.92 Å². The van der Waals surface area contributed by atoms with Gasteiger partial charge in [0.2, 0.25) is 0 Å². The summed E-state index contributed by atoms with van der Waals surface area (Å²) in [5.74, 6) is 1.74. The van der Waals surface area contributed by atoms with Crippen LogP contribution < -0.4 is 5.32 Å². The summed E-state index contributed by atoms with van der Waals surface area (Å²) in [6.45, 7) is 9.06. The van der Waals surface area contributed by atoms with Crippen LogP contribution in [0.4, 0.5) is 5.82 Å². The minimum absolute atomic E-state index is 0.803. The summed E-state index contributed by atoms with van der Waals surface area (Å²) in [6, 6.07) is 8.37. The van der Waals surface area contributed by atoms with Crippen LogP contribution in [-0.4, -0.2) is 16.5 Å². The third-order valence-corrected chi connectivity index (χ3v) is 4.13. The second kappa shape index (κ2) is 6.06. The molecule has 19 heavy (non-hydrogen) atoms. The maximum absolute atomic E-state index is 4.56. The van der Waals surface area contributed by atoms with Gasteiger partial charge in [0, 0.05) is 17.0 Å². The van der Waals surface area contributed by atoms with Crippen molar-refractivity contribution in [1.82, 2.24) is 9.97 Å². The summed E-state index contributed by atoms with van der Waals surface area (Å²) in [7, 11) is 0. The largest absolute Gasteiger partial charge is 0.370 e. The molecule has 4 heteroatoms. The van der Waals surface area contributed by atoms with E-state index in [1.165, 1.54) is 10.5 Å². The standard InChI is InChI=1S/C15H19N3S/c1-5-16-14-11(3)15(18-12(4)17-14)19-13-9-7-6-8-10(13)2/h6-9H,5H2,1-4H3,(H,16,17,18). The quantitative estimate of drug-likeness (QED) is 0.855. The van der Waals surface area contributed by atoms with Crippen molar-refractivity contribution < 1.29 is 0 Å². The number of aromatic nitrogens is 2. The van der Waals surface area contributed by atoms with Gasteiger partial charge in [-0.15, -0.1) is 0 Å². The molecule has 1 N–H and O–H groups in total. The van der Waals surface area contributed by atoms with E-state index in [4.69, 9.17) is 0 Å². The fourth-order valence-corrected chi connectivity index (χ4v) is 2.83. The van der Waals surface area contributed by atoms with Crippen molar-refractivity contribution >= 4 is 17.6 Å². The van der Waals surface area contributed by atoms with E-state index in [1.54, 1.807) is 11.8 Å². The van der Waals surface area contributed by atoms with Crippen LogP contribution >= 0.6 is 11.8 Å². The van der Waals surface area contributed by atoms with Gasteiger partial charge in [-0.2, -0.15) is 0 Å². The summed E-state index contributed by atoms with van der Waals surface area (Å²) >= 11 is 1.70. The Balaban J connectivity index is 2.37. The fourth-order valence-electron chi connectivity index (χ4n) is 1.82. The van der Waals surface area contributed by atoms with E-state index >= 15 is 0 Å². The molecule has 0 bridgehead atoms. The van der Waals surface area contributed by atoms with Crippen LogP contribution in [0.15, 0.2) is 34.2 Å². The van der Waals surface area contributed by atoms with Crippen molar-refractivity contribution in [3.05, 3.63) is 41.2 Å². The molecule has 0 atom stereocenters. The fraction of sp³-hybridized carbons (Fsp3) is 0.333. The van der Waals surface area contributed by atoms with Crippen molar-refractivity contribution in [2.24, 2.45) is 0 Å². The second-order valence-corrected chi connectivity index (χ2v) is 5.48. The molecule has 2 aromatic rings. The van der Waals surface area contributed by atoms with E-state index in [2.05, 4.69) is 60.3 Å². The smallest absolute Gasteiger partial charge is 0.133 e. The molecule has 0 aliphatic heterocycles. The first kappa shape index (κ1) is 13.9. The van der Waals surface area contributed by atoms with Crippen molar-refractivity contribution in [3.63, 3.8) is 0 Å². The topological polar surface area (TPSA) is 37.8 Å². The van der Waals surface area contributed by atoms with Crippen molar-refractivity contribution in [1.29, 1.82) is 0 Å². The summed E-state index contributed by atoms with van der Waals surface area (Å²) in [4.78, 5) is 10.3. The van der Waals surface area contributed by atoms with Gasteiger partial charge in [0.15, 0.2) is 0 Å². The van der Waals surface area contributed by atoms with Crippen LogP contribution in [0.25, 0.3) is 0 Å². The monoisotopic (exact) mass is 273 g/mol. The molecule has 0 amide bonds. The zero-order valence-corrected chi connectivity index (χ0v) is 12.6. The number of aryl methyl sites for hydroxylation is 2. The number of nitrogens with one attached hydrogen (secondary N) is 1. The molecule has 0 saturated carbocycles. The third-order valence-electron chi connectivity index (χ3n) is 2.86. The molecule has 0 radical (unpaired) electrons. The number of nitrogens with zero attached hydrogens (tertiary/aromatic N) is 2. The van der Waals surface area contributed by atoms with E-state index in [0.29, 0.717) is 0 Å². The van der Waals surface area contributed by atoms with Gasteiger partial charge in [0.05, 0.1) is 0 Å². The van der Waals surface area contributed by atoms with Crippen molar-refractivity contribution in [3.8, 4) is 0 Å². The summed E-state index contributed by atoms with van der Waals surface area (Å²) < 4.78 is 0. The molecule has 1 heterocycles. The minimum atomic E-state index is 0.803. The normalized spacial score (nSPS) is 10.5. The highest BCUT2D eigenvalue weighted by Gasteiger charge is 2.11. The van der Waals surface area contributed by atoms with Crippen LogP contribution in [0.2, 0.25) is 0 Å². The zero-order chi connectivity index (χ0) is 13.8. The number of rotatable bonds is 4. The molecule has 0 aliphatic rings. The molecular formula is C15H19N3S. The molecule has 3 nitrogen and oxygen atoms in total. The summed E-state index contributed by atoms with van der Waals surface area (Å²) in [6.07, 6.45) is 0. The molecular weight excluding hydrogens is 254 g/mol. The molecule has 0 saturated heterocycles. The Morgan fingerprint density at radius 2 is 1.84 bits per heavy atom. The first-order chi connectivity index (χ1) is 9.11. The van der Waals surface area contributed by atoms with E-state index in [0.717, 1.165) is 28.8 Å². The number of anilines is 1. The Morgan fingerprint density at radius 1 is 1.11 bits per heavy atom. The average Bonchev–Trinajstić information content (AvgIpc) is 2.38. The predicted molar refractivity (Wildman–Crippen MR) is 81.0 cm³/mol. The van der Waals surface area contributed by atoms with Crippen LogP contribution in [0.1, 0.15) is 23.9 Å². The summed E-state index contributed by atoms with van der Waals surface area (Å²) in [5.41, 5.74) is 2.38. The Morgan fingerprint density at radius 3 is 2.53 bits per heavy atom. The van der Waals surface area contributed by atoms with Gasteiger partial charge in [-0.3, -0.25) is 0 Å². The number of benzene rings is 1. The second-order valence-electron chi connectivity index (χ2n) is 4.45. The molecule has 2 rings (SSSR count). The minimum Gasteiger partial charge on any atom is -0.370 e. The number of hydrogen-bond acceptors (Lipinski definition) is 4. The predicted octanol–water partition coefficient (Wildman–Crippen LogP) is 3.98. The average molecular weight is 273 g/mol. The van der Waals surface area contributed by atoms with E-state index in [9.17, 15) is 0 Å². The van der Waals surface area contributed by atoms with Crippen LogP contribution in [0.3, 0.4) is 0 Å². The highest BCUT2D eigenvalue weighted by Crippen LogP contribution is 2.32. The lowest BCUT2D eigenvalue weighted by Crippen LogP contribution is -2.05. The van der Waals surface area contributed by atoms with Gasteiger partial charge in [0.1, 0.15) is 16.7 Å². The van der Waals surface area contributed by atoms with Gasteiger partial charge in [-0.05, 0) is 39.3 Å². The van der Waals surface area contributed by atoms with Gasteiger partial charge in [-0.1, -0.05) is 30.0 Å². The molecule has 0 aliphatic carbocycles. The Bertz CT molecular complexity index is 582. The highest BCUT2D eigenvalue weighted by molar-refractivity contribution is 7.99. The lowest BCUT2D eigenvalue weighted by Gasteiger charge is -2.12. The van der Waals surface area contributed by atoms with Gasteiger partial charge >= 0.3 is 0 Å². The van der Waals surface area contributed by atoms with Crippen LogP contribution in [0.5, 0.6) is 0 Å². The van der Waals surface area contributed by atoms with Crippen molar-refractivity contribution in [2.75, 3.05) is 11.9 Å². The lowest BCUT2D eigenvalue weighted by molar-refractivity contribution is 0.932. The Kier molecular flexibility index (Phi) is 4.43. The Labute approximate surface area is 118 Å². The molecule has 0 fully saturated rings. The third kappa shape index (κ3) is 3.26. The van der Waals surface area contributed by atoms with E-state index < -0.39 is 0 Å². The van der Waals surface area contributed by atoms with Crippen molar-refractivity contribution in [2.45, 2.75) is 37.6 Å². The van der Waals surface area contributed by atoms with Gasteiger partial charge < -0.3 is 5.32 Å². The first-order valence-corrected chi connectivity index (χ1v) is 7.26. The van der Waals surface area contributed by atoms with Crippen LogP contribution in [-0.2, 0) is 0 Å². The lowest BCUT2D eigenvalue weighted by atomic mass is 10.2. The molecule has 1 aromatic carbocycles. The maximum Gasteiger partial charge on any atom is 0.133 e. The van der Waals surface area contributed by atoms with Crippen LogP contribution in [0, 0.1) is 20.8 Å². The molecule has 0 spiro atoms. The zero-order valence-electron chi connectivity index (χ0n) is 11.8. The van der Waals surface area contributed by atoms with Gasteiger partial charge in [0.25, 0.3) is 0 Å². The maximum atomic E-state index is 4.56. The Hall–Kier alpha value is -1.55. The molecule has 0 unspecified atom stereocenters. The highest BCUT2D eigenvalue weighted by atomic mass is 32.2. The first-order valence-electron chi connectivity index (χ1n) is 6.44. The molecule has 1 aromatic heterocycles. The summed E-state index contributed by atoms with van der Waals surface area (Å²) in [5, 5.41) is 4.32. The van der Waals surface area contributed by atoms with E-state index in [-0.39, 0.29) is 0 Å².